The number of hydrogen-bond acceptors (Lipinski definition) is 3. The van der Waals surface area contributed by atoms with E-state index >= 15 is 0 Å². The van der Waals surface area contributed by atoms with Crippen molar-refractivity contribution in [3.8, 4) is 0 Å². The number of carbonyl (C=O) groups excluding carboxylic acids is 1. The molecule has 0 aromatic heterocycles. The minimum Gasteiger partial charge on any atom is -0.349 e. The molecule has 0 saturated heterocycles. The van der Waals surface area contributed by atoms with Crippen LogP contribution in [0.25, 0.3) is 0 Å². The number of nitrogens with one attached hydrogen (secondary N) is 1. The second kappa shape index (κ2) is 6.39. The molecule has 19 heavy (non-hydrogen) atoms. The summed E-state index contributed by atoms with van der Waals surface area (Å²) in [4.78, 5) is 11.8. The van der Waals surface area contributed by atoms with Crippen molar-refractivity contribution in [2.45, 2.75) is 38.1 Å². The van der Waals surface area contributed by atoms with Crippen LogP contribution in [0, 0.1) is 5.92 Å². The maximum absolute atomic E-state index is 11.8. The number of carbonyl (C=O) groups is 1. The molecule has 2 unspecified atom stereocenters. The second-order valence-electron chi connectivity index (χ2n) is 4.55. The molecular formula is C13H18ClNO3S. The highest BCUT2D eigenvalue weighted by Crippen LogP contribution is 2.19. The Hall–Kier alpha value is -1.07. The molecule has 0 aliphatic rings. The van der Waals surface area contributed by atoms with Crippen molar-refractivity contribution in [1.29, 1.82) is 0 Å². The van der Waals surface area contributed by atoms with Crippen LogP contribution < -0.4 is 5.32 Å². The molecule has 0 radical (unpaired) electrons. The van der Waals surface area contributed by atoms with Gasteiger partial charge in [-0.15, -0.1) is 0 Å². The second-order valence-corrected chi connectivity index (χ2v) is 7.11. The third-order valence-electron chi connectivity index (χ3n) is 3.08. The maximum Gasteiger partial charge on any atom is 0.261 e. The van der Waals surface area contributed by atoms with E-state index in [1.54, 1.807) is 12.1 Å². The Kier molecular flexibility index (Phi) is 5.38. The first-order valence-corrected chi connectivity index (χ1v) is 8.41. The zero-order chi connectivity index (χ0) is 14.6. The van der Waals surface area contributed by atoms with Gasteiger partial charge in [0.2, 0.25) is 5.91 Å². The highest BCUT2D eigenvalue weighted by atomic mass is 35.7. The third kappa shape index (κ3) is 4.51. The largest absolute Gasteiger partial charge is 0.349 e. The van der Waals surface area contributed by atoms with E-state index in [4.69, 9.17) is 10.7 Å². The van der Waals surface area contributed by atoms with Gasteiger partial charge in [-0.1, -0.05) is 26.0 Å². The highest BCUT2D eigenvalue weighted by molar-refractivity contribution is 8.13. The van der Waals surface area contributed by atoms with Crippen molar-refractivity contribution in [2.75, 3.05) is 0 Å². The number of benzene rings is 1. The zero-order valence-corrected chi connectivity index (χ0v) is 12.8. The first-order valence-electron chi connectivity index (χ1n) is 6.10. The van der Waals surface area contributed by atoms with Gasteiger partial charge in [-0.05, 0) is 31.0 Å². The van der Waals surface area contributed by atoms with Crippen molar-refractivity contribution in [3.63, 3.8) is 0 Å². The predicted molar refractivity (Wildman–Crippen MR) is 75.5 cm³/mol. The summed E-state index contributed by atoms with van der Waals surface area (Å²) in [6, 6.07) is 5.99. The van der Waals surface area contributed by atoms with Gasteiger partial charge in [0.15, 0.2) is 0 Å². The predicted octanol–water partition coefficient (Wildman–Crippen LogP) is 2.84. The van der Waals surface area contributed by atoms with Crippen LogP contribution >= 0.6 is 10.7 Å². The fraction of sp³-hybridized carbons (Fsp3) is 0.462. The van der Waals surface area contributed by atoms with Crippen molar-refractivity contribution < 1.29 is 13.2 Å². The minimum atomic E-state index is -3.70. The topological polar surface area (TPSA) is 63.2 Å². The Labute approximate surface area is 118 Å². The maximum atomic E-state index is 11.8. The number of rotatable bonds is 5. The highest BCUT2D eigenvalue weighted by Gasteiger charge is 2.15. The van der Waals surface area contributed by atoms with E-state index < -0.39 is 9.05 Å². The Bertz CT molecular complexity index is 540. The Morgan fingerprint density at radius 2 is 1.79 bits per heavy atom. The van der Waals surface area contributed by atoms with E-state index in [1.807, 2.05) is 20.8 Å². The molecular weight excluding hydrogens is 286 g/mol. The molecule has 0 fully saturated rings. The molecule has 0 aliphatic carbocycles. The molecule has 0 heterocycles. The fourth-order valence-electron chi connectivity index (χ4n) is 1.54. The van der Waals surface area contributed by atoms with Crippen LogP contribution in [0.5, 0.6) is 0 Å². The zero-order valence-electron chi connectivity index (χ0n) is 11.2. The van der Waals surface area contributed by atoms with Crippen molar-refractivity contribution in [3.05, 3.63) is 29.8 Å². The quantitative estimate of drug-likeness (QED) is 0.851. The van der Waals surface area contributed by atoms with Crippen LogP contribution in [0.2, 0.25) is 0 Å². The van der Waals surface area contributed by atoms with Gasteiger partial charge in [-0.2, -0.15) is 0 Å². The lowest BCUT2D eigenvalue weighted by Crippen LogP contribution is -2.31. The van der Waals surface area contributed by atoms with Crippen LogP contribution in [-0.2, 0) is 13.8 Å². The molecule has 6 heteroatoms. The Morgan fingerprint density at radius 1 is 1.26 bits per heavy atom. The summed E-state index contributed by atoms with van der Waals surface area (Å²) < 4.78 is 22.2. The molecule has 1 amide bonds. The lowest BCUT2D eigenvalue weighted by Gasteiger charge is -2.17. The number of amides is 1. The van der Waals surface area contributed by atoms with E-state index in [0.717, 1.165) is 12.0 Å². The molecule has 0 bridgehead atoms. The molecule has 106 valence electrons. The van der Waals surface area contributed by atoms with Gasteiger partial charge in [0, 0.05) is 16.6 Å². The van der Waals surface area contributed by atoms with Gasteiger partial charge in [0.05, 0.1) is 10.9 Å². The van der Waals surface area contributed by atoms with E-state index in [2.05, 4.69) is 5.32 Å². The van der Waals surface area contributed by atoms with Crippen LogP contribution in [0.15, 0.2) is 29.2 Å². The van der Waals surface area contributed by atoms with Gasteiger partial charge in [-0.25, -0.2) is 8.42 Å². The van der Waals surface area contributed by atoms with E-state index in [1.165, 1.54) is 12.1 Å². The Morgan fingerprint density at radius 3 is 2.21 bits per heavy atom. The molecule has 0 saturated carbocycles. The summed E-state index contributed by atoms with van der Waals surface area (Å²) in [6.45, 7) is 5.67. The Balaban J connectivity index is 2.79. The van der Waals surface area contributed by atoms with E-state index in [0.29, 0.717) is 0 Å². The minimum absolute atomic E-state index is 0.0101. The molecule has 1 aromatic rings. The summed E-state index contributed by atoms with van der Waals surface area (Å²) in [7, 11) is 1.54. The van der Waals surface area contributed by atoms with Gasteiger partial charge in [-0.3, -0.25) is 4.79 Å². The lowest BCUT2D eigenvalue weighted by atomic mass is 10.1. The molecule has 1 N–H and O–H groups in total. The molecule has 1 aromatic carbocycles. The summed E-state index contributed by atoms with van der Waals surface area (Å²) in [5.41, 5.74) is 0.834. The number of hydrogen-bond donors (Lipinski definition) is 1. The lowest BCUT2D eigenvalue weighted by molar-refractivity contribution is -0.125. The average molecular weight is 304 g/mol. The van der Waals surface area contributed by atoms with Gasteiger partial charge in [0.25, 0.3) is 9.05 Å². The first kappa shape index (κ1) is 16.0. The van der Waals surface area contributed by atoms with E-state index in [-0.39, 0.29) is 22.8 Å². The van der Waals surface area contributed by atoms with Gasteiger partial charge < -0.3 is 5.32 Å². The summed E-state index contributed by atoms with van der Waals surface area (Å²) in [5.74, 6) is -0.0472. The van der Waals surface area contributed by atoms with Crippen LogP contribution in [-0.4, -0.2) is 14.3 Å². The van der Waals surface area contributed by atoms with Gasteiger partial charge >= 0.3 is 0 Å². The summed E-state index contributed by atoms with van der Waals surface area (Å²) in [6.07, 6.45) is 0.780. The molecule has 1 rings (SSSR count). The molecule has 4 nitrogen and oxygen atoms in total. The van der Waals surface area contributed by atoms with Gasteiger partial charge in [0.1, 0.15) is 0 Å². The normalized spacial score (nSPS) is 14.7. The summed E-state index contributed by atoms with van der Waals surface area (Å²) >= 11 is 0. The first-order chi connectivity index (χ1) is 8.75. The smallest absolute Gasteiger partial charge is 0.261 e. The summed E-state index contributed by atoms with van der Waals surface area (Å²) in [5, 5.41) is 2.88. The number of halogens is 1. The SMILES string of the molecule is CCC(C)C(=O)NC(C)c1ccc(S(=O)(=O)Cl)cc1. The van der Waals surface area contributed by atoms with E-state index in [9.17, 15) is 13.2 Å². The van der Waals surface area contributed by atoms with Crippen molar-refractivity contribution in [2.24, 2.45) is 5.92 Å². The van der Waals surface area contributed by atoms with Crippen LogP contribution in [0.4, 0.5) is 0 Å². The third-order valence-corrected chi connectivity index (χ3v) is 4.45. The standard InChI is InChI=1S/C13H18ClNO3S/c1-4-9(2)13(16)15-10(3)11-5-7-12(8-6-11)19(14,17)18/h5-10H,4H2,1-3H3,(H,15,16). The molecule has 0 aliphatic heterocycles. The average Bonchev–Trinajstić information content (AvgIpc) is 2.36. The van der Waals surface area contributed by atoms with Crippen molar-refractivity contribution in [1.82, 2.24) is 5.32 Å². The van der Waals surface area contributed by atoms with Crippen LogP contribution in [0.1, 0.15) is 38.8 Å². The fourth-order valence-corrected chi connectivity index (χ4v) is 2.31. The van der Waals surface area contributed by atoms with Crippen LogP contribution in [0.3, 0.4) is 0 Å². The van der Waals surface area contributed by atoms with Crippen molar-refractivity contribution >= 4 is 25.6 Å². The monoisotopic (exact) mass is 303 g/mol. The molecule has 2 atom stereocenters. The molecule has 0 spiro atoms.